The van der Waals surface area contributed by atoms with Crippen LogP contribution in [0.4, 0.5) is 13.2 Å². The van der Waals surface area contributed by atoms with Gasteiger partial charge in [-0.2, -0.15) is 13.2 Å². The number of alkyl halides is 3. The van der Waals surface area contributed by atoms with Crippen molar-refractivity contribution < 1.29 is 18.3 Å². The molecule has 0 bridgehead atoms. The number of hydrogen-bond acceptors (Lipinski definition) is 2. The van der Waals surface area contributed by atoms with Crippen molar-refractivity contribution in [3.05, 3.63) is 0 Å². The minimum atomic E-state index is -4.08. The first-order valence-corrected chi connectivity index (χ1v) is 9.06. The van der Waals surface area contributed by atoms with Gasteiger partial charge in [0.2, 0.25) is 0 Å². The lowest BCUT2D eigenvalue weighted by molar-refractivity contribution is -0.185. The molecule has 0 aliphatic heterocycles. The van der Waals surface area contributed by atoms with Crippen molar-refractivity contribution in [3.63, 3.8) is 0 Å². The average molecular weight is 349 g/mol. The third-order valence-corrected chi connectivity index (χ3v) is 5.40. The maximum atomic E-state index is 12.9. The monoisotopic (exact) mass is 349 g/mol. The summed E-state index contributed by atoms with van der Waals surface area (Å²) < 4.78 is 38.6. The molecule has 0 radical (unpaired) electrons. The van der Waals surface area contributed by atoms with Crippen LogP contribution in [0, 0.1) is 11.8 Å². The standard InChI is InChI=1S/C17H30F3N3O/c1-21-15(23-12-16(24)8-3-2-4-9-16)22-11-13-6-5-7-14(10-13)17(18,19)20/h13-14,24H,2-12H2,1H3,(H2,21,22,23). The lowest BCUT2D eigenvalue weighted by Crippen LogP contribution is -2.49. The molecule has 3 N–H and O–H groups in total. The predicted octanol–water partition coefficient (Wildman–Crippen LogP) is 3.22. The van der Waals surface area contributed by atoms with Gasteiger partial charge in [0.15, 0.2) is 5.96 Å². The Hall–Kier alpha value is -0.980. The summed E-state index contributed by atoms with van der Waals surface area (Å²) >= 11 is 0. The van der Waals surface area contributed by atoms with E-state index in [4.69, 9.17) is 0 Å². The van der Waals surface area contributed by atoms with Crippen molar-refractivity contribution in [2.24, 2.45) is 16.8 Å². The lowest BCUT2D eigenvalue weighted by atomic mass is 9.81. The third kappa shape index (κ3) is 5.83. The van der Waals surface area contributed by atoms with Gasteiger partial charge < -0.3 is 15.7 Å². The topological polar surface area (TPSA) is 56.7 Å². The normalized spacial score (nSPS) is 28.5. The van der Waals surface area contributed by atoms with Gasteiger partial charge in [0.05, 0.1) is 11.5 Å². The molecule has 0 aromatic rings. The van der Waals surface area contributed by atoms with Crippen LogP contribution in [0.25, 0.3) is 0 Å². The molecule has 2 unspecified atom stereocenters. The number of aliphatic hydroxyl groups is 1. The highest BCUT2D eigenvalue weighted by Crippen LogP contribution is 2.39. The molecule has 4 nitrogen and oxygen atoms in total. The quantitative estimate of drug-likeness (QED) is 0.540. The fourth-order valence-corrected chi connectivity index (χ4v) is 3.87. The van der Waals surface area contributed by atoms with Gasteiger partial charge in [0.1, 0.15) is 0 Å². The first-order chi connectivity index (χ1) is 11.3. The molecule has 0 saturated heterocycles. The molecule has 2 saturated carbocycles. The number of guanidine groups is 1. The summed E-state index contributed by atoms with van der Waals surface area (Å²) in [6.45, 7) is 0.924. The number of halogens is 3. The first-order valence-electron chi connectivity index (χ1n) is 9.06. The largest absolute Gasteiger partial charge is 0.391 e. The summed E-state index contributed by atoms with van der Waals surface area (Å²) in [7, 11) is 1.64. The van der Waals surface area contributed by atoms with E-state index in [1.54, 1.807) is 7.05 Å². The minimum absolute atomic E-state index is 0.0155. The van der Waals surface area contributed by atoms with E-state index in [0.29, 0.717) is 25.5 Å². The second-order valence-electron chi connectivity index (χ2n) is 7.36. The molecule has 0 amide bonds. The predicted molar refractivity (Wildman–Crippen MR) is 88.9 cm³/mol. The first kappa shape index (κ1) is 19.3. The second-order valence-corrected chi connectivity index (χ2v) is 7.36. The summed E-state index contributed by atoms with van der Waals surface area (Å²) in [5.74, 6) is -0.596. The average Bonchev–Trinajstić information content (AvgIpc) is 2.55. The Morgan fingerprint density at radius 3 is 2.46 bits per heavy atom. The molecular formula is C17H30F3N3O. The Balaban J connectivity index is 1.75. The van der Waals surface area contributed by atoms with Crippen LogP contribution in [0.5, 0.6) is 0 Å². The molecule has 2 aliphatic carbocycles. The maximum Gasteiger partial charge on any atom is 0.391 e. The van der Waals surface area contributed by atoms with E-state index in [-0.39, 0.29) is 18.8 Å². The van der Waals surface area contributed by atoms with Crippen LogP contribution in [-0.2, 0) is 0 Å². The lowest BCUT2D eigenvalue weighted by Gasteiger charge is -2.33. The third-order valence-electron chi connectivity index (χ3n) is 5.40. The molecule has 2 aliphatic rings. The van der Waals surface area contributed by atoms with Crippen molar-refractivity contribution in [2.45, 2.75) is 69.6 Å². The molecule has 0 spiro atoms. The Morgan fingerprint density at radius 1 is 1.12 bits per heavy atom. The van der Waals surface area contributed by atoms with Gasteiger partial charge in [-0.15, -0.1) is 0 Å². The van der Waals surface area contributed by atoms with E-state index in [9.17, 15) is 18.3 Å². The zero-order valence-corrected chi connectivity index (χ0v) is 14.5. The highest BCUT2D eigenvalue weighted by molar-refractivity contribution is 5.79. The molecule has 0 aromatic heterocycles. The summed E-state index contributed by atoms with van der Waals surface area (Å²) in [4.78, 5) is 4.12. The number of nitrogens with one attached hydrogen (secondary N) is 2. The molecule has 0 heterocycles. The van der Waals surface area contributed by atoms with Crippen LogP contribution in [0.3, 0.4) is 0 Å². The van der Waals surface area contributed by atoms with E-state index in [1.165, 1.54) is 0 Å². The molecule has 24 heavy (non-hydrogen) atoms. The Bertz CT molecular complexity index is 420. The number of nitrogens with zero attached hydrogens (tertiary/aromatic N) is 1. The highest BCUT2D eigenvalue weighted by Gasteiger charge is 2.42. The van der Waals surface area contributed by atoms with Crippen molar-refractivity contribution in [2.75, 3.05) is 20.1 Å². The second kappa shape index (κ2) is 8.41. The van der Waals surface area contributed by atoms with Crippen LogP contribution in [-0.4, -0.2) is 43.0 Å². The van der Waals surface area contributed by atoms with E-state index in [0.717, 1.165) is 38.5 Å². The van der Waals surface area contributed by atoms with Gasteiger partial charge in [-0.3, -0.25) is 4.99 Å². The number of rotatable bonds is 4. The van der Waals surface area contributed by atoms with Crippen molar-refractivity contribution in [1.29, 1.82) is 0 Å². The molecule has 2 fully saturated rings. The van der Waals surface area contributed by atoms with Gasteiger partial charge in [-0.25, -0.2) is 0 Å². The van der Waals surface area contributed by atoms with Crippen LogP contribution in [0.2, 0.25) is 0 Å². The molecular weight excluding hydrogens is 319 g/mol. The van der Waals surface area contributed by atoms with Gasteiger partial charge in [0.25, 0.3) is 0 Å². The smallest absolute Gasteiger partial charge is 0.388 e. The van der Waals surface area contributed by atoms with Crippen molar-refractivity contribution in [1.82, 2.24) is 10.6 Å². The summed E-state index contributed by atoms with van der Waals surface area (Å²) in [6.07, 6.45) is 2.61. The molecule has 2 rings (SSSR count). The fraction of sp³-hybridized carbons (Fsp3) is 0.941. The van der Waals surface area contributed by atoms with Crippen LogP contribution in [0.1, 0.15) is 57.8 Å². The summed E-state index contributed by atoms with van der Waals surface area (Å²) in [5, 5.41) is 16.7. The van der Waals surface area contributed by atoms with E-state index in [2.05, 4.69) is 15.6 Å². The number of hydrogen-bond donors (Lipinski definition) is 3. The molecule has 7 heteroatoms. The van der Waals surface area contributed by atoms with Gasteiger partial charge in [-0.1, -0.05) is 25.7 Å². The zero-order chi connectivity index (χ0) is 17.6. The fourth-order valence-electron chi connectivity index (χ4n) is 3.87. The van der Waals surface area contributed by atoms with Crippen molar-refractivity contribution >= 4 is 5.96 Å². The Kier molecular flexibility index (Phi) is 6.78. The SMILES string of the molecule is CN=C(NCC1CCCC(C(F)(F)F)C1)NCC1(O)CCCCC1. The molecule has 140 valence electrons. The van der Waals surface area contributed by atoms with E-state index >= 15 is 0 Å². The van der Waals surface area contributed by atoms with E-state index < -0.39 is 17.7 Å². The zero-order valence-electron chi connectivity index (χ0n) is 14.5. The highest BCUT2D eigenvalue weighted by atomic mass is 19.4. The number of aliphatic imine (C=N–C) groups is 1. The summed E-state index contributed by atoms with van der Waals surface area (Å²) in [5.41, 5.74) is -0.692. The molecule has 2 atom stereocenters. The van der Waals surface area contributed by atoms with Crippen molar-refractivity contribution in [3.8, 4) is 0 Å². The van der Waals surface area contributed by atoms with E-state index in [1.807, 2.05) is 0 Å². The van der Waals surface area contributed by atoms with Gasteiger partial charge >= 0.3 is 6.18 Å². The Morgan fingerprint density at radius 2 is 1.83 bits per heavy atom. The molecule has 0 aromatic carbocycles. The minimum Gasteiger partial charge on any atom is -0.388 e. The Labute approximate surface area is 142 Å². The maximum absolute atomic E-state index is 12.9. The van der Waals surface area contributed by atoms with Crippen LogP contribution >= 0.6 is 0 Å². The van der Waals surface area contributed by atoms with Gasteiger partial charge in [0, 0.05) is 20.1 Å². The van der Waals surface area contributed by atoms with Gasteiger partial charge in [-0.05, 0) is 38.0 Å². The summed E-state index contributed by atoms with van der Waals surface area (Å²) in [6, 6.07) is 0. The van der Waals surface area contributed by atoms with Crippen LogP contribution < -0.4 is 10.6 Å². The van der Waals surface area contributed by atoms with Crippen LogP contribution in [0.15, 0.2) is 4.99 Å².